The summed E-state index contributed by atoms with van der Waals surface area (Å²) < 4.78 is 5.44. The maximum absolute atomic E-state index is 13.7. The van der Waals surface area contributed by atoms with Crippen molar-refractivity contribution in [3.05, 3.63) is 24.0 Å². The number of esters is 1. The van der Waals surface area contributed by atoms with Crippen LogP contribution in [0.1, 0.15) is 67.2 Å². The minimum Gasteiger partial charge on any atom is -0.515 e. The van der Waals surface area contributed by atoms with Gasteiger partial charge >= 0.3 is 11.9 Å². The number of allylic oxidation sites excluding steroid dienone is 1. The number of carbonyl (C=O) groups excluding carboxylic acids is 3. The normalized spacial score (nSPS) is 37.9. The summed E-state index contributed by atoms with van der Waals surface area (Å²) in [6.45, 7) is 9.72. The van der Waals surface area contributed by atoms with E-state index < -0.39 is 63.8 Å². The third-order valence-electron chi connectivity index (χ3n) is 8.25. The molecule has 0 aromatic rings. The van der Waals surface area contributed by atoms with Crippen LogP contribution in [0.5, 0.6) is 0 Å². The number of aliphatic hydroxyl groups is 3. The van der Waals surface area contributed by atoms with Crippen molar-refractivity contribution in [3.8, 4) is 0 Å². The first-order valence-electron chi connectivity index (χ1n) is 12.4. The van der Waals surface area contributed by atoms with Crippen LogP contribution >= 0.6 is 0 Å². The van der Waals surface area contributed by atoms with Crippen molar-refractivity contribution in [2.24, 2.45) is 35.0 Å². The number of hydrogen-bond donors (Lipinski definition) is 4. The fourth-order valence-electron chi connectivity index (χ4n) is 7.19. The van der Waals surface area contributed by atoms with E-state index in [1.807, 2.05) is 13.8 Å². The Balaban J connectivity index is 2.51. The molecule has 0 spiro atoms. The lowest BCUT2D eigenvalue weighted by molar-refractivity contribution is -0.206. The Morgan fingerprint density at radius 3 is 2.31 bits per heavy atom. The second kappa shape index (κ2) is 10.8. The van der Waals surface area contributed by atoms with E-state index in [0.717, 1.165) is 12.2 Å². The molecule has 0 heterocycles. The second-order valence-electron chi connectivity index (χ2n) is 11.3. The highest BCUT2D eigenvalue weighted by Crippen LogP contribution is 2.61. The summed E-state index contributed by atoms with van der Waals surface area (Å²) >= 11 is 0. The van der Waals surface area contributed by atoms with E-state index in [1.54, 1.807) is 13.8 Å². The molecule has 36 heavy (non-hydrogen) atoms. The number of rotatable bonds is 9. The molecule has 2 fully saturated rings. The van der Waals surface area contributed by atoms with Gasteiger partial charge in [0, 0.05) is 29.4 Å². The number of carboxylic acid groups (broad SMARTS) is 1. The van der Waals surface area contributed by atoms with E-state index in [-0.39, 0.29) is 25.4 Å². The molecule has 202 valence electrons. The quantitative estimate of drug-likeness (QED) is 0.209. The number of carboxylic acids is 1. The van der Waals surface area contributed by atoms with Crippen LogP contribution in [0, 0.1) is 35.0 Å². The first-order valence-corrected chi connectivity index (χ1v) is 12.4. The van der Waals surface area contributed by atoms with Crippen LogP contribution < -0.4 is 0 Å². The highest BCUT2D eigenvalue weighted by Gasteiger charge is 2.68. The Kier molecular flexibility index (Phi) is 8.95. The Morgan fingerprint density at radius 1 is 1.17 bits per heavy atom. The summed E-state index contributed by atoms with van der Waals surface area (Å²) in [6.07, 6.45) is 3.21. The molecule has 0 saturated heterocycles. The van der Waals surface area contributed by atoms with Crippen LogP contribution in [0.3, 0.4) is 0 Å². The average Bonchev–Trinajstić information content (AvgIpc) is 2.72. The van der Waals surface area contributed by atoms with Gasteiger partial charge in [-0.1, -0.05) is 26.3 Å². The molecule has 4 N–H and O–H groups in total. The van der Waals surface area contributed by atoms with Crippen molar-refractivity contribution in [2.45, 2.75) is 78.4 Å². The summed E-state index contributed by atoms with van der Waals surface area (Å²) in [7, 11) is 0. The first kappa shape index (κ1) is 29.7. The Labute approximate surface area is 212 Å². The molecule has 8 atom stereocenters. The molecular weight excluding hydrogens is 468 g/mol. The fourth-order valence-corrected chi connectivity index (χ4v) is 7.19. The third kappa shape index (κ3) is 5.72. The standard InChI is InChI=1S/C27H40O9/c1-7-17(14-36-21(32)11-15(2)10-20(30)31)23-26(5,19(29)8-9-28)22-16(3)12-25(4,34)13-18(22)24(33)27(23,6)35/h8-10,16-18,22-23,28,34-35H,7,11-14H2,1-6H3,(H,30,31)/b9-8-,15-10+/t16-,17+,18+,22+,23-,25-,26-,27+/m1/s1. The predicted octanol–water partition coefficient (Wildman–Crippen LogP) is 2.99. The summed E-state index contributed by atoms with van der Waals surface area (Å²) in [5.41, 5.74) is -4.09. The minimum atomic E-state index is -1.96. The number of fused-ring (bicyclic) bond motifs is 1. The molecule has 2 saturated carbocycles. The van der Waals surface area contributed by atoms with Crippen molar-refractivity contribution >= 4 is 23.5 Å². The zero-order valence-electron chi connectivity index (χ0n) is 22.0. The van der Waals surface area contributed by atoms with Gasteiger partial charge in [-0.05, 0) is 57.8 Å². The van der Waals surface area contributed by atoms with Gasteiger partial charge in [-0.15, -0.1) is 0 Å². The van der Waals surface area contributed by atoms with Gasteiger partial charge in [-0.25, -0.2) is 4.79 Å². The SMILES string of the molecule is CC[C@@H](COC(=O)C/C(C)=C/C(=O)O)[C@@H]1[C@](C)(C(=O)/C=C\O)[C@H]2[C@H](C)C[C@@](C)(O)C[C@@H]2C(=O)[C@@]1(C)O. The summed E-state index contributed by atoms with van der Waals surface area (Å²) in [6, 6.07) is 0. The van der Waals surface area contributed by atoms with Gasteiger partial charge < -0.3 is 25.2 Å². The van der Waals surface area contributed by atoms with Crippen molar-refractivity contribution in [1.29, 1.82) is 0 Å². The molecule has 0 amide bonds. The highest BCUT2D eigenvalue weighted by atomic mass is 16.5. The van der Waals surface area contributed by atoms with Gasteiger partial charge in [0.2, 0.25) is 0 Å². The summed E-state index contributed by atoms with van der Waals surface area (Å²) in [5.74, 6) is -5.78. The smallest absolute Gasteiger partial charge is 0.328 e. The summed E-state index contributed by atoms with van der Waals surface area (Å²) in [5, 5.41) is 40.8. The van der Waals surface area contributed by atoms with Crippen LogP contribution in [-0.4, -0.2) is 61.7 Å². The molecule has 0 aromatic carbocycles. The van der Waals surface area contributed by atoms with E-state index in [0.29, 0.717) is 24.7 Å². The largest absolute Gasteiger partial charge is 0.515 e. The number of aliphatic carboxylic acids is 1. The zero-order chi connectivity index (χ0) is 27.6. The number of Topliss-reactive ketones (excluding diaryl/α,β-unsaturated/α-hetero) is 1. The molecule has 9 nitrogen and oxygen atoms in total. The van der Waals surface area contributed by atoms with Gasteiger partial charge in [-0.3, -0.25) is 14.4 Å². The molecule has 0 aromatic heterocycles. The topological polar surface area (TPSA) is 158 Å². The van der Waals surface area contributed by atoms with E-state index in [4.69, 9.17) is 9.84 Å². The molecule has 9 heteroatoms. The average molecular weight is 509 g/mol. The van der Waals surface area contributed by atoms with Crippen LogP contribution in [0.15, 0.2) is 24.0 Å². The lowest BCUT2D eigenvalue weighted by atomic mass is 9.42. The van der Waals surface area contributed by atoms with Crippen LogP contribution in [0.25, 0.3) is 0 Å². The molecule has 2 aliphatic carbocycles. The van der Waals surface area contributed by atoms with Crippen LogP contribution in [0.2, 0.25) is 0 Å². The van der Waals surface area contributed by atoms with E-state index in [2.05, 4.69) is 0 Å². The maximum Gasteiger partial charge on any atom is 0.328 e. The number of hydrogen-bond acceptors (Lipinski definition) is 8. The molecule has 0 radical (unpaired) electrons. The lowest BCUT2D eigenvalue weighted by Crippen LogP contribution is -2.69. The number of aliphatic hydroxyl groups excluding tert-OH is 1. The Bertz CT molecular complexity index is 945. The van der Waals surface area contributed by atoms with Crippen molar-refractivity contribution in [1.82, 2.24) is 0 Å². The minimum absolute atomic E-state index is 0.108. The van der Waals surface area contributed by atoms with Gasteiger partial charge in [-0.2, -0.15) is 0 Å². The Hall–Kier alpha value is -2.52. The molecule has 0 bridgehead atoms. The molecule has 2 rings (SSSR count). The predicted molar refractivity (Wildman–Crippen MR) is 131 cm³/mol. The summed E-state index contributed by atoms with van der Waals surface area (Å²) in [4.78, 5) is 50.5. The fraction of sp³-hybridized carbons (Fsp3) is 0.704. The van der Waals surface area contributed by atoms with Gasteiger partial charge in [0.05, 0.1) is 24.9 Å². The van der Waals surface area contributed by atoms with Crippen LogP contribution in [-0.2, 0) is 23.9 Å². The second-order valence-corrected chi connectivity index (χ2v) is 11.3. The van der Waals surface area contributed by atoms with Gasteiger partial charge in [0.1, 0.15) is 5.60 Å². The number of ether oxygens (including phenoxy) is 1. The lowest BCUT2D eigenvalue weighted by Gasteiger charge is -2.61. The van der Waals surface area contributed by atoms with Crippen molar-refractivity contribution in [2.75, 3.05) is 6.61 Å². The van der Waals surface area contributed by atoms with E-state index in [9.17, 15) is 34.5 Å². The monoisotopic (exact) mass is 508 g/mol. The van der Waals surface area contributed by atoms with Gasteiger partial charge in [0.25, 0.3) is 0 Å². The van der Waals surface area contributed by atoms with Crippen molar-refractivity contribution < 1.29 is 44.3 Å². The highest BCUT2D eigenvalue weighted by molar-refractivity contribution is 6.00. The third-order valence-corrected chi connectivity index (χ3v) is 8.25. The maximum atomic E-state index is 13.7. The molecular formula is C27H40O9. The molecule has 0 unspecified atom stereocenters. The van der Waals surface area contributed by atoms with E-state index in [1.165, 1.54) is 13.8 Å². The van der Waals surface area contributed by atoms with E-state index >= 15 is 0 Å². The number of carbonyl (C=O) groups is 4. The molecule has 2 aliphatic rings. The van der Waals surface area contributed by atoms with Gasteiger partial charge in [0.15, 0.2) is 11.6 Å². The Morgan fingerprint density at radius 2 is 1.78 bits per heavy atom. The molecule has 0 aliphatic heterocycles. The van der Waals surface area contributed by atoms with Crippen molar-refractivity contribution in [3.63, 3.8) is 0 Å². The van der Waals surface area contributed by atoms with Crippen LogP contribution in [0.4, 0.5) is 0 Å². The zero-order valence-corrected chi connectivity index (χ0v) is 22.0. The number of ketones is 2. The first-order chi connectivity index (χ1) is 16.5.